The van der Waals surface area contributed by atoms with Gasteiger partial charge in [0.1, 0.15) is 17.9 Å². The van der Waals surface area contributed by atoms with Crippen LogP contribution in [0.5, 0.6) is 5.75 Å². The third-order valence-corrected chi connectivity index (χ3v) is 7.92. The number of carbonyl (C=O) groups is 4. The monoisotopic (exact) mass is 652 g/mol. The van der Waals surface area contributed by atoms with Gasteiger partial charge in [-0.15, -0.1) is 0 Å². The van der Waals surface area contributed by atoms with Crippen LogP contribution in [0.2, 0.25) is 5.02 Å². The molecule has 4 atom stereocenters. The smallest absolute Gasteiger partial charge is 0.347 e. The predicted octanol–water partition coefficient (Wildman–Crippen LogP) is 5.70. The lowest BCUT2D eigenvalue weighted by Gasteiger charge is -2.29. The molecule has 3 rings (SSSR count). The number of rotatable bonds is 8. The fourth-order valence-electron chi connectivity index (χ4n) is 4.77. The molecular weight excluding hydrogens is 608 g/mol. The van der Waals surface area contributed by atoms with Crippen LogP contribution in [-0.2, 0) is 35.1 Å². The van der Waals surface area contributed by atoms with E-state index in [4.69, 9.17) is 25.8 Å². The summed E-state index contributed by atoms with van der Waals surface area (Å²) in [6, 6.07) is 13.9. The van der Waals surface area contributed by atoms with Crippen molar-refractivity contribution in [3.63, 3.8) is 0 Å². The van der Waals surface area contributed by atoms with E-state index >= 15 is 0 Å². The summed E-state index contributed by atoms with van der Waals surface area (Å²) in [6.07, 6.45) is 5.63. The second-order valence-corrected chi connectivity index (χ2v) is 13.0. The summed E-state index contributed by atoms with van der Waals surface area (Å²) < 4.78 is 17.0. The van der Waals surface area contributed by atoms with Crippen molar-refractivity contribution in [3.8, 4) is 5.75 Å². The van der Waals surface area contributed by atoms with E-state index in [1.165, 1.54) is 13.2 Å². The van der Waals surface area contributed by atoms with E-state index in [1.807, 2.05) is 63.3 Å². The van der Waals surface area contributed by atoms with Crippen molar-refractivity contribution in [1.82, 2.24) is 10.6 Å². The molecule has 46 heavy (non-hydrogen) atoms. The molecule has 9 nitrogen and oxygen atoms in total. The summed E-state index contributed by atoms with van der Waals surface area (Å²) in [7, 11) is 1.51. The predicted molar refractivity (Wildman–Crippen MR) is 178 cm³/mol. The number of ether oxygens (including phenoxy) is 3. The first-order chi connectivity index (χ1) is 21.8. The van der Waals surface area contributed by atoms with E-state index in [2.05, 4.69) is 10.6 Å². The molecule has 1 aliphatic rings. The number of carbonyl (C=O) groups excluding carboxylic acids is 4. The van der Waals surface area contributed by atoms with Crippen LogP contribution in [0.25, 0.3) is 6.08 Å². The maximum absolute atomic E-state index is 13.5. The van der Waals surface area contributed by atoms with Gasteiger partial charge in [0.25, 0.3) is 0 Å². The summed E-state index contributed by atoms with van der Waals surface area (Å²) in [5.74, 6) is -2.03. The zero-order valence-corrected chi connectivity index (χ0v) is 28.1. The van der Waals surface area contributed by atoms with E-state index < -0.39 is 47.4 Å². The number of esters is 2. The first-order valence-electron chi connectivity index (χ1n) is 15.5. The van der Waals surface area contributed by atoms with Gasteiger partial charge in [-0.05, 0) is 55.5 Å². The van der Waals surface area contributed by atoms with E-state index in [0.29, 0.717) is 16.3 Å². The minimum atomic E-state index is -1.19. The zero-order chi connectivity index (χ0) is 33.9. The van der Waals surface area contributed by atoms with Crippen molar-refractivity contribution in [2.75, 3.05) is 13.7 Å². The molecule has 0 saturated carbocycles. The van der Waals surface area contributed by atoms with Crippen molar-refractivity contribution in [2.24, 2.45) is 17.3 Å². The SMILES string of the molecule is COc1ccc(C[C@H]2NC(=O)/C=C/CC(C(C)/C=C/c3ccccc3)OC(=O)[C@H](CC(C)C)OC(=O)C(C)(C)CNC2=O)cc1Cl. The van der Waals surface area contributed by atoms with Crippen LogP contribution in [0.1, 0.15) is 58.6 Å². The van der Waals surface area contributed by atoms with Crippen molar-refractivity contribution >= 4 is 41.4 Å². The van der Waals surface area contributed by atoms with Crippen LogP contribution in [-0.4, -0.2) is 55.7 Å². The Morgan fingerprint density at radius 3 is 2.41 bits per heavy atom. The number of hydrogen-bond donors (Lipinski definition) is 2. The zero-order valence-electron chi connectivity index (χ0n) is 27.4. The molecule has 1 heterocycles. The second kappa shape index (κ2) is 17.0. The first-order valence-corrected chi connectivity index (χ1v) is 15.9. The molecule has 0 radical (unpaired) electrons. The molecule has 0 bridgehead atoms. The maximum atomic E-state index is 13.5. The summed E-state index contributed by atoms with van der Waals surface area (Å²) >= 11 is 6.31. The molecule has 2 aromatic carbocycles. The molecule has 0 aliphatic carbocycles. The van der Waals surface area contributed by atoms with Crippen LogP contribution in [0.3, 0.4) is 0 Å². The standard InChI is InChI=1S/C36H45ClN2O7/c1-23(2)19-31-34(42)45-29(24(3)15-16-25-11-8-7-9-12-25)13-10-14-32(40)39-28(21-26-17-18-30(44-6)27(37)20-26)33(41)38-22-36(4,5)35(43)46-31/h7-12,14-18,20,23-24,28-29,31H,13,19,21-22H2,1-6H3,(H,38,41)(H,39,40)/b14-10+,16-15+/t24?,28-,29?,31+/m1/s1. The van der Waals surface area contributed by atoms with Crippen LogP contribution in [0, 0.1) is 17.3 Å². The van der Waals surface area contributed by atoms with Gasteiger partial charge >= 0.3 is 11.9 Å². The largest absolute Gasteiger partial charge is 0.495 e. The van der Waals surface area contributed by atoms with Gasteiger partial charge in [-0.2, -0.15) is 0 Å². The molecule has 10 heteroatoms. The number of methoxy groups -OCH3 is 1. The Hall–Kier alpha value is -4.11. The minimum absolute atomic E-state index is 0.0309. The molecule has 0 saturated heterocycles. The molecule has 0 aromatic heterocycles. The molecule has 0 fully saturated rings. The molecular formula is C36H45ClN2O7. The summed E-state index contributed by atoms with van der Waals surface area (Å²) in [6.45, 7) is 8.90. The highest BCUT2D eigenvalue weighted by molar-refractivity contribution is 6.32. The molecule has 1 aliphatic heterocycles. The van der Waals surface area contributed by atoms with Gasteiger partial charge in [-0.1, -0.05) is 87.0 Å². The Morgan fingerprint density at radius 1 is 1.04 bits per heavy atom. The van der Waals surface area contributed by atoms with E-state index in [1.54, 1.807) is 38.1 Å². The Kier molecular flexibility index (Phi) is 13.4. The van der Waals surface area contributed by atoms with Gasteiger partial charge in [0.15, 0.2) is 6.10 Å². The number of amides is 2. The van der Waals surface area contributed by atoms with Crippen LogP contribution in [0.4, 0.5) is 0 Å². The van der Waals surface area contributed by atoms with Gasteiger partial charge in [0.2, 0.25) is 11.8 Å². The third-order valence-electron chi connectivity index (χ3n) is 7.63. The number of nitrogens with one attached hydrogen (secondary N) is 2. The quantitative estimate of drug-likeness (QED) is 0.351. The Morgan fingerprint density at radius 2 is 1.76 bits per heavy atom. The van der Waals surface area contributed by atoms with Crippen molar-refractivity contribution < 1.29 is 33.4 Å². The molecule has 2 amide bonds. The number of benzene rings is 2. The summed E-state index contributed by atoms with van der Waals surface area (Å²) in [5, 5.41) is 5.90. The molecule has 248 valence electrons. The summed E-state index contributed by atoms with van der Waals surface area (Å²) in [5.41, 5.74) is 0.497. The molecule has 2 aromatic rings. The van der Waals surface area contributed by atoms with Crippen molar-refractivity contribution in [2.45, 2.75) is 72.1 Å². The highest BCUT2D eigenvalue weighted by atomic mass is 35.5. The molecule has 2 N–H and O–H groups in total. The Balaban J connectivity index is 1.93. The number of halogens is 1. The molecule has 0 spiro atoms. The highest BCUT2D eigenvalue weighted by Crippen LogP contribution is 2.26. The normalized spacial score (nSPS) is 22.8. The van der Waals surface area contributed by atoms with E-state index in [-0.39, 0.29) is 37.6 Å². The van der Waals surface area contributed by atoms with Crippen LogP contribution < -0.4 is 15.4 Å². The average molecular weight is 653 g/mol. The fraction of sp³-hybridized carbons (Fsp3) is 0.444. The lowest BCUT2D eigenvalue weighted by Crippen LogP contribution is -2.51. The van der Waals surface area contributed by atoms with Gasteiger partial charge in [0, 0.05) is 25.3 Å². The fourth-order valence-corrected chi connectivity index (χ4v) is 5.05. The van der Waals surface area contributed by atoms with Crippen LogP contribution in [0.15, 0.2) is 66.8 Å². The second-order valence-electron chi connectivity index (χ2n) is 12.6. The van der Waals surface area contributed by atoms with Gasteiger partial charge in [-0.25, -0.2) is 4.79 Å². The Bertz CT molecular complexity index is 1420. The van der Waals surface area contributed by atoms with E-state index in [9.17, 15) is 19.2 Å². The topological polar surface area (TPSA) is 120 Å². The summed E-state index contributed by atoms with van der Waals surface area (Å²) in [4.78, 5) is 53.3. The van der Waals surface area contributed by atoms with Crippen molar-refractivity contribution in [1.29, 1.82) is 0 Å². The lowest BCUT2D eigenvalue weighted by atomic mass is 9.93. The van der Waals surface area contributed by atoms with Gasteiger partial charge in [-0.3, -0.25) is 14.4 Å². The van der Waals surface area contributed by atoms with Gasteiger partial charge in [0.05, 0.1) is 17.5 Å². The number of hydrogen-bond acceptors (Lipinski definition) is 7. The highest BCUT2D eigenvalue weighted by Gasteiger charge is 2.37. The van der Waals surface area contributed by atoms with Gasteiger partial charge < -0.3 is 24.8 Å². The van der Waals surface area contributed by atoms with Crippen molar-refractivity contribution in [3.05, 3.63) is 82.9 Å². The Labute approximate surface area is 276 Å². The van der Waals surface area contributed by atoms with Crippen LogP contribution >= 0.6 is 11.6 Å². The third kappa shape index (κ3) is 11.1. The minimum Gasteiger partial charge on any atom is -0.495 e. The first kappa shape index (κ1) is 36.4. The average Bonchev–Trinajstić information content (AvgIpc) is 3.01. The number of cyclic esters (lactones) is 2. The lowest BCUT2D eigenvalue weighted by molar-refractivity contribution is -0.178. The molecule has 2 unspecified atom stereocenters. The van der Waals surface area contributed by atoms with E-state index in [0.717, 1.165) is 5.56 Å². The maximum Gasteiger partial charge on any atom is 0.347 e.